The number of aromatic nitrogens is 1. The number of para-hydroxylation sites is 1. The third-order valence-electron chi connectivity index (χ3n) is 3.80. The first-order valence-electron chi connectivity index (χ1n) is 6.80. The summed E-state index contributed by atoms with van der Waals surface area (Å²) in [6.07, 6.45) is 2.92. The summed E-state index contributed by atoms with van der Waals surface area (Å²) < 4.78 is 24.7. The van der Waals surface area contributed by atoms with E-state index in [0.717, 1.165) is 16.6 Å². The Hall–Kier alpha value is -1.86. The largest absolute Gasteiger partial charge is 0.396 e. The van der Waals surface area contributed by atoms with Crippen molar-refractivity contribution < 1.29 is 8.42 Å². The van der Waals surface area contributed by atoms with Gasteiger partial charge in [0, 0.05) is 31.6 Å². The minimum absolute atomic E-state index is 0.481. The van der Waals surface area contributed by atoms with Crippen LogP contribution in [0.3, 0.4) is 0 Å². The molecule has 0 unspecified atom stereocenters. The number of benzene rings is 1. The van der Waals surface area contributed by atoms with E-state index in [1.807, 2.05) is 24.3 Å². The van der Waals surface area contributed by atoms with Gasteiger partial charge in [-0.05, 0) is 6.07 Å². The second kappa shape index (κ2) is 5.16. The van der Waals surface area contributed by atoms with E-state index in [-0.39, 0.29) is 0 Å². The third kappa shape index (κ3) is 2.66. The molecule has 1 fully saturated rings. The fraction of sp³-hybridized carbons (Fsp3) is 0.357. The fourth-order valence-electron chi connectivity index (χ4n) is 2.74. The fourth-order valence-corrected chi connectivity index (χ4v) is 3.57. The highest BCUT2D eigenvalue weighted by Crippen LogP contribution is 2.32. The Labute approximate surface area is 124 Å². The van der Waals surface area contributed by atoms with Gasteiger partial charge in [-0.2, -0.15) is 4.31 Å². The summed E-state index contributed by atoms with van der Waals surface area (Å²) in [6, 6.07) is 7.85. The maximum atomic E-state index is 11.6. The van der Waals surface area contributed by atoms with Crippen molar-refractivity contribution in [3.8, 4) is 0 Å². The molecule has 112 valence electrons. The molecule has 2 aromatic rings. The van der Waals surface area contributed by atoms with Crippen LogP contribution < -0.4 is 10.6 Å². The Morgan fingerprint density at radius 2 is 1.81 bits per heavy atom. The van der Waals surface area contributed by atoms with Crippen molar-refractivity contribution in [3.05, 3.63) is 30.5 Å². The Bertz CT molecular complexity index is 768. The highest BCUT2D eigenvalue weighted by atomic mass is 32.2. The molecule has 0 aliphatic carbocycles. The molecule has 3 rings (SSSR count). The molecule has 0 amide bonds. The maximum absolute atomic E-state index is 11.6. The third-order valence-corrected chi connectivity index (χ3v) is 5.10. The van der Waals surface area contributed by atoms with Gasteiger partial charge in [-0.15, -0.1) is 0 Å². The Balaban J connectivity index is 1.94. The van der Waals surface area contributed by atoms with Crippen molar-refractivity contribution in [1.29, 1.82) is 0 Å². The highest BCUT2D eigenvalue weighted by Gasteiger charge is 2.25. The van der Waals surface area contributed by atoms with Crippen LogP contribution in [0.5, 0.6) is 0 Å². The van der Waals surface area contributed by atoms with Crippen LogP contribution in [0.1, 0.15) is 0 Å². The van der Waals surface area contributed by atoms with Crippen LogP contribution in [-0.4, -0.2) is 50.1 Å². The predicted molar refractivity (Wildman–Crippen MR) is 84.8 cm³/mol. The predicted octanol–water partition coefficient (Wildman–Crippen LogP) is 0.899. The van der Waals surface area contributed by atoms with Crippen LogP contribution >= 0.6 is 0 Å². The van der Waals surface area contributed by atoms with E-state index >= 15 is 0 Å². The lowest BCUT2D eigenvalue weighted by molar-refractivity contribution is 0.388. The van der Waals surface area contributed by atoms with E-state index in [2.05, 4.69) is 9.88 Å². The minimum Gasteiger partial charge on any atom is -0.396 e. The first-order valence-corrected chi connectivity index (χ1v) is 8.65. The summed E-state index contributed by atoms with van der Waals surface area (Å²) in [5.74, 6) is 0. The van der Waals surface area contributed by atoms with Crippen LogP contribution in [0.25, 0.3) is 10.9 Å². The van der Waals surface area contributed by atoms with Gasteiger partial charge in [0.25, 0.3) is 0 Å². The lowest BCUT2D eigenvalue weighted by atomic mass is 10.1. The quantitative estimate of drug-likeness (QED) is 0.891. The highest BCUT2D eigenvalue weighted by molar-refractivity contribution is 7.88. The number of piperazine rings is 1. The van der Waals surface area contributed by atoms with Crippen molar-refractivity contribution in [1.82, 2.24) is 9.29 Å². The van der Waals surface area contributed by atoms with E-state index in [9.17, 15) is 8.42 Å². The van der Waals surface area contributed by atoms with Crippen LogP contribution in [0.4, 0.5) is 11.4 Å². The van der Waals surface area contributed by atoms with Crippen molar-refractivity contribution >= 4 is 32.3 Å². The first-order chi connectivity index (χ1) is 9.97. The molecule has 0 spiro atoms. The molecular formula is C14H18N4O2S. The average molecular weight is 306 g/mol. The molecule has 1 saturated heterocycles. The topological polar surface area (TPSA) is 79.5 Å². The van der Waals surface area contributed by atoms with Gasteiger partial charge in [0.05, 0.1) is 29.3 Å². The molecule has 0 radical (unpaired) electrons. The monoisotopic (exact) mass is 306 g/mol. The van der Waals surface area contributed by atoms with Crippen LogP contribution in [0.2, 0.25) is 0 Å². The summed E-state index contributed by atoms with van der Waals surface area (Å²) in [7, 11) is -3.12. The number of rotatable bonds is 2. The van der Waals surface area contributed by atoms with Gasteiger partial charge < -0.3 is 10.6 Å². The molecular weight excluding hydrogens is 288 g/mol. The summed E-state index contributed by atoms with van der Waals surface area (Å²) in [5, 5.41) is 1.00. The number of hydrogen-bond donors (Lipinski definition) is 1. The molecule has 2 N–H and O–H groups in total. The number of hydrogen-bond acceptors (Lipinski definition) is 5. The number of anilines is 2. The van der Waals surface area contributed by atoms with E-state index in [1.165, 1.54) is 10.6 Å². The molecule has 0 saturated carbocycles. The number of nitrogens with two attached hydrogens (primary N) is 1. The molecule has 1 aromatic heterocycles. The average Bonchev–Trinajstić information content (AvgIpc) is 2.46. The van der Waals surface area contributed by atoms with Gasteiger partial charge >= 0.3 is 0 Å². The first kappa shape index (κ1) is 14.1. The lowest BCUT2D eigenvalue weighted by Gasteiger charge is -2.35. The van der Waals surface area contributed by atoms with Crippen LogP contribution in [0, 0.1) is 0 Å². The normalized spacial score (nSPS) is 17.3. The van der Waals surface area contributed by atoms with E-state index in [1.54, 1.807) is 6.20 Å². The molecule has 0 atom stereocenters. The van der Waals surface area contributed by atoms with Crippen molar-refractivity contribution in [2.45, 2.75) is 0 Å². The molecule has 7 heteroatoms. The van der Waals surface area contributed by atoms with Gasteiger partial charge in [0.1, 0.15) is 0 Å². The molecule has 1 aliphatic rings. The van der Waals surface area contributed by atoms with Crippen molar-refractivity contribution in [2.75, 3.05) is 43.1 Å². The smallest absolute Gasteiger partial charge is 0.211 e. The molecule has 1 aliphatic heterocycles. The number of pyridine rings is 1. The second-order valence-corrected chi connectivity index (χ2v) is 7.21. The van der Waals surface area contributed by atoms with Gasteiger partial charge in [-0.1, -0.05) is 18.2 Å². The Morgan fingerprint density at radius 1 is 1.14 bits per heavy atom. The van der Waals surface area contributed by atoms with Crippen LogP contribution in [0.15, 0.2) is 30.5 Å². The summed E-state index contributed by atoms with van der Waals surface area (Å²) in [4.78, 5) is 6.47. The Morgan fingerprint density at radius 3 is 2.48 bits per heavy atom. The number of nitrogens with zero attached hydrogens (tertiary/aromatic N) is 3. The minimum atomic E-state index is -3.12. The molecule has 6 nitrogen and oxygen atoms in total. The van der Waals surface area contributed by atoms with Gasteiger partial charge in [0.2, 0.25) is 10.0 Å². The summed E-state index contributed by atoms with van der Waals surface area (Å²) >= 11 is 0. The lowest BCUT2D eigenvalue weighted by Crippen LogP contribution is -2.48. The maximum Gasteiger partial charge on any atom is 0.211 e. The number of sulfonamides is 1. The summed E-state index contributed by atoms with van der Waals surface area (Å²) in [5.41, 5.74) is 8.58. The van der Waals surface area contributed by atoms with Crippen molar-refractivity contribution in [3.63, 3.8) is 0 Å². The van der Waals surface area contributed by atoms with Crippen molar-refractivity contribution in [2.24, 2.45) is 0 Å². The molecule has 0 bridgehead atoms. The standard InChI is InChI=1S/C14H18N4O2S/c1-21(19,20)18-8-6-17(7-9-18)14-11-4-2-3-5-13(11)16-10-12(14)15/h2-5,10H,6-9,15H2,1H3. The van der Waals surface area contributed by atoms with Gasteiger partial charge in [-0.3, -0.25) is 4.98 Å². The van der Waals surface area contributed by atoms with E-state index in [4.69, 9.17) is 5.73 Å². The Kier molecular flexibility index (Phi) is 3.46. The zero-order chi connectivity index (χ0) is 15.0. The molecule has 2 heterocycles. The molecule has 1 aromatic carbocycles. The summed E-state index contributed by atoms with van der Waals surface area (Å²) in [6.45, 7) is 2.22. The second-order valence-electron chi connectivity index (χ2n) is 5.23. The SMILES string of the molecule is CS(=O)(=O)N1CCN(c2c(N)cnc3ccccc23)CC1. The zero-order valence-corrected chi connectivity index (χ0v) is 12.7. The van der Waals surface area contributed by atoms with Gasteiger partial charge in [-0.25, -0.2) is 8.42 Å². The van der Waals surface area contributed by atoms with Crippen LogP contribution in [-0.2, 0) is 10.0 Å². The van der Waals surface area contributed by atoms with E-state index in [0.29, 0.717) is 31.9 Å². The number of nitrogen functional groups attached to an aromatic ring is 1. The zero-order valence-electron chi connectivity index (χ0n) is 11.9. The van der Waals surface area contributed by atoms with Gasteiger partial charge in [0.15, 0.2) is 0 Å². The van der Waals surface area contributed by atoms with E-state index < -0.39 is 10.0 Å². The number of fused-ring (bicyclic) bond motifs is 1. The molecule has 21 heavy (non-hydrogen) atoms.